The number of nitriles is 1. The van der Waals surface area contributed by atoms with Gasteiger partial charge in [-0.05, 0) is 38.5 Å². The molecule has 0 aromatic carbocycles. The first-order valence-electron chi connectivity index (χ1n) is 6.60. The van der Waals surface area contributed by atoms with Crippen molar-refractivity contribution in [3.8, 4) is 6.07 Å². The molecule has 1 aromatic rings. The number of rotatable bonds is 7. The Kier molecular flexibility index (Phi) is 7.02. The highest BCUT2D eigenvalue weighted by atomic mass is 32.2. The SMILES string of the molecule is CSc1nc(C)c(CCC(=O)NCCCC#N)c(C)n1. The second-order valence-electron chi connectivity index (χ2n) is 4.47. The van der Waals surface area contributed by atoms with Crippen molar-refractivity contribution in [2.24, 2.45) is 0 Å². The van der Waals surface area contributed by atoms with Crippen LogP contribution < -0.4 is 5.32 Å². The van der Waals surface area contributed by atoms with Crippen molar-refractivity contribution in [3.05, 3.63) is 17.0 Å². The molecule has 0 bridgehead atoms. The van der Waals surface area contributed by atoms with E-state index in [1.165, 1.54) is 11.8 Å². The zero-order valence-electron chi connectivity index (χ0n) is 12.2. The number of hydrogen-bond donors (Lipinski definition) is 1. The van der Waals surface area contributed by atoms with E-state index >= 15 is 0 Å². The first-order valence-corrected chi connectivity index (χ1v) is 7.82. The summed E-state index contributed by atoms with van der Waals surface area (Å²) in [5.74, 6) is 0.00989. The second kappa shape index (κ2) is 8.54. The van der Waals surface area contributed by atoms with Crippen LogP contribution in [0.3, 0.4) is 0 Å². The molecule has 1 amide bonds. The van der Waals surface area contributed by atoms with Crippen LogP contribution in [0.25, 0.3) is 0 Å². The van der Waals surface area contributed by atoms with Gasteiger partial charge in [0.25, 0.3) is 0 Å². The van der Waals surface area contributed by atoms with Crippen molar-refractivity contribution < 1.29 is 4.79 Å². The number of aryl methyl sites for hydroxylation is 2. The number of unbranched alkanes of at least 4 members (excludes halogenated alkanes) is 1. The van der Waals surface area contributed by atoms with Gasteiger partial charge in [-0.2, -0.15) is 5.26 Å². The lowest BCUT2D eigenvalue weighted by Crippen LogP contribution is -2.24. The maximum Gasteiger partial charge on any atom is 0.220 e. The molecular formula is C14H20N4OS. The number of thioether (sulfide) groups is 1. The van der Waals surface area contributed by atoms with E-state index in [9.17, 15) is 4.79 Å². The van der Waals surface area contributed by atoms with Crippen LogP contribution in [0, 0.1) is 25.2 Å². The quantitative estimate of drug-likeness (QED) is 0.473. The van der Waals surface area contributed by atoms with Crippen LogP contribution in [0.15, 0.2) is 5.16 Å². The molecule has 0 saturated carbocycles. The normalized spacial score (nSPS) is 10.1. The summed E-state index contributed by atoms with van der Waals surface area (Å²) in [6, 6.07) is 2.06. The molecule has 20 heavy (non-hydrogen) atoms. The number of amides is 1. The maximum absolute atomic E-state index is 11.7. The first-order chi connectivity index (χ1) is 9.58. The maximum atomic E-state index is 11.7. The summed E-state index contributed by atoms with van der Waals surface area (Å²) in [4.78, 5) is 20.5. The van der Waals surface area contributed by atoms with Crippen molar-refractivity contribution in [1.82, 2.24) is 15.3 Å². The Bertz CT molecular complexity index is 487. The Morgan fingerprint density at radius 2 is 2.00 bits per heavy atom. The summed E-state index contributed by atoms with van der Waals surface area (Å²) in [6.45, 7) is 4.47. The monoisotopic (exact) mass is 292 g/mol. The van der Waals surface area contributed by atoms with Gasteiger partial charge in [0.1, 0.15) is 0 Å². The van der Waals surface area contributed by atoms with Gasteiger partial charge in [-0.1, -0.05) is 11.8 Å². The van der Waals surface area contributed by atoms with E-state index < -0.39 is 0 Å². The number of aromatic nitrogens is 2. The molecule has 5 nitrogen and oxygen atoms in total. The molecule has 0 atom stereocenters. The van der Waals surface area contributed by atoms with E-state index in [0.29, 0.717) is 32.2 Å². The lowest BCUT2D eigenvalue weighted by atomic mass is 10.1. The fraction of sp³-hybridized carbons (Fsp3) is 0.571. The highest BCUT2D eigenvalue weighted by molar-refractivity contribution is 7.98. The van der Waals surface area contributed by atoms with Crippen molar-refractivity contribution >= 4 is 17.7 Å². The molecule has 1 rings (SSSR count). The van der Waals surface area contributed by atoms with Crippen molar-refractivity contribution in [1.29, 1.82) is 5.26 Å². The van der Waals surface area contributed by atoms with E-state index in [2.05, 4.69) is 21.4 Å². The molecule has 0 aliphatic carbocycles. The molecule has 0 aliphatic heterocycles. The predicted molar refractivity (Wildman–Crippen MR) is 79.5 cm³/mol. The van der Waals surface area contributed by atoms with Gasteiger partial charge in [-0.25, -0.2) is 9.97 Å². The van der Waals surface area contributed by atoms with E-state index in [0.717, 1.165) is 22.1 Å². The van der Waals surface area contributed by atoms with Crippen LogP contribution in [0.5, 0.6) is 0 Å². The summed E-state index contributed by atoms with van der Waals surface area (Å²) in [5.41, 5.74) is 2.94. The average molecular weight is 292 g/mol. The highest BCUT2D eigenvalue weighted by Gasteiger charge is 2.10. The lowest BCUT2D eigenvalue weighted by molar-refractivity contribution is -0.121. The van der Waals surface area contributed by atoms with E-state index in [1.807, 2.05) is 20.1 Å². The minimum Gasteiger partial charge on any atom is -0.356 e. The summed E-state index contributed by atoms with van der Waals surface area (Å²) in [6.07, 6.45) is 4.20. The van der Waals surface area contributed by atoms with Crippen LogP contribution in [0.2, 0.25) is 0 Å². The number of nitrogens with zero attached hydrogens (tertiary/aromatic N) is 3. The molecule has 0 aliphatic rings. The Morgan fingerprint density at radius 1 is 1.35 bits per heavy atom. The second-order valence-corrected chi connectivity index (χ2v) is 5.24. The largest absolute Gasteiger partial charge is 0.356 e. The Balaban J connectivity index is 2.49. The molecule has 1 heterocycles. The standard InChI is InChI=1S/C14H20N4OS/c1-10-12(11(2)18-14(17-10)20-3)6-7-13(19)16-9-5-4-8-15/h4-7,9H2,1-3H3,(H,16,19). The fourth-order valence-electron chi connectivity index (χ4n) is 1.88. The predicted octanol–water partition coefficient (Wildman–Crippen LogP) is 2.17. The molecule has 6 heteroatoms. The molecule has 0 unspecified atom stereocenters. The van der Waals surface area contributed by atoms with Crippen molar-refractivity contribution in [2.45, 2.75) is 44.7 Å². The van der Waals surface area contributed by atoms with Crippen LogP contribution in [-0.4, -0.2) is 28.7 Å². The zero-order chi connectivity index (χ0) is 15.0. The molecule has 1 aromatic heterocycles. The van der Waals surface area contributed by atoms with Gasteiger partial charge in [-0.3, -0.25) is 4.79 Å². The van der Waals surface area contributed by atoms with Gasteiger partial charge >= 0.3 is 0 Å². The number of carbonyl (C=O) groups is 1. The van der Waals surface area contributed by atoms with Gasteiger partial charge < -0.3 is 5.32 Å². The minimum absolute atomic E-state index is 0.00989. The molecule has 0 fully saturated rings. The fourth-order valence-corrected chi connectivity index (χ4v) is 2.34. The smallest absolute Gasteiger partial charge is 0.220 e. The summed E-state index contributed by atoms with van der Waals surface area (Å²) >= 11 is 1.52. The Labute approximate surface area is 124 Å². The van der Waals surface area contributed by atoms with Gasteiger partial charge in [0.15, 0.2) is 5.16 Å². The third kappa shape index (κ3) is 5.17. The van der Waals surface area contributed by atoms with Crippen LogP contribution in [0.4, 0.5) is 0 Å². The summed E-state index contributed by atoms with van der Waals surface area (Å²) in [5, 5.41) is 12.0. The van der Waals surface area contributed by atoms with Crippen LogP contribution in [-0.2, 0) is 11.2 Å². The van der Waals surface area contributed by atoms with Gasteiger partial charge in [0.05, 0.1) is 6.07 Å². The van der Waals surface area contributed by atoms with Gasteiger partial charge in [-0.15, -0.1) is 0 Å². The van der Waals surface area contributed by atoms with Crippen LogP contribution >= 0.6 is 11.8 Å². The molecule has 1 N–H and O–H groups in total. The molecular weight excluding hydrogens is 272 g/mol. The Morgan fingerprint density at radius 3 is 2.55 bits per heavy atom. The van der Waals surface area contributed by atoms with E-state index in [1.54, 1.807) is 0 Å². The third-order valence-corrected chi connectivity index (χ3v) is 3.52. The molecule has 0 radical (unpaired) electrons. The summed E-state index contributed by atoms with van der Waals surface area (Å²) in [7, 11) is 0. The zero-order valence-corrected chi connectivity index (χ0v) is 13.0. The van der Waals surface area contributed by atoms with Gasteiger partial charge in [0.2, 0.25) is 5.91 Å². The first kappa shape index (κ1) is 16.4. The molecule has 0 saturated heterocycles. The Hall–Kier alpha value is -1.61. The number of hydrogen-bond acceptors (Lipinski definition) is 5. The average Bonchev–Trinajstić information content (AvgIpc) is 2.42. The molecule has 0 spiro atoms. The molecule has 108 valence electrons. The topological polar surface area (TPSA) is 78.7 Å². The summed E-state index contributed by atoms with van der Waals surface area (Å²) < 4.78 is 0. The van der Waals surface area contributed by atoms with Crippen molar-refractivity contribution in [3.63, 3.8) is 0 Å². The third-order valence-electron chi connectivity index (χ3n) is 2.97. The lowest BCUT2D eigenvalue weighted by Gasteiger charge is -2.10. The highest BCUT2D eigenvalue weighted by Crippen LogP contribution is 2.16. The van der Waals surface area contributed by atoms with Crippen molar-refractivity contribution in [2.75, 3.05) is 12.8 Å². The van der Waals surface area contributed by atoms with Gasteiger partial charge in [0, 0.05) is 30.8 Å². The van der Waals surface area contributed by atoms with E-state index in [-0.39, 0.29) is 5.91 Å². The van der Waals surface area contributed by atoms with E-state index in [4.69, 9.17) is 5.26 Å². The minimum atomic E-state index is 0.00989. The number of carbonyl (C=O) groups excluding carboxylic acids is 1. The van der Waals surface area contributed by atoms with Crippen LogP contribution in [0.1, 0.15) is 36.2 Å². The number of nitrogens with one attached hydrogen (secondary N) is 1.